The van der Waals surface area contributed by atoms with Crippen molar-refractivity contribution in [3.63, 3.8) is 0 Å². The molecule has 1 amide bonds. The predicted molar refractivity (Wildman–Crippen MR) is 138 cm³/mol. The molecule has 4 heteroatoms. The van der Waals surface area contributed by atoms with E-state index < -0.39 is 17.4 Å². The average molecular weight is 464 g/mol. The van der Waals surface area contributed by atoms with E-state index in [1.54, 1.807) is 0 Å². The molecule has 0 saturated carbocycles. The molecule has 0 saturated heterocycles. The second-order valence-electron chi connectivity index (χ2n) is 8.42. The number of amides is 1. The molecule has 4 aromatic rings. The number of methoxy groups -OCH3 is 1. The number of ether oxygens (including phenoxy) is 1. The van der Waals surface area contributed by atoms with Crippen molar-refractivity contribution >= 4 is 11.9 Å². The highest BCUT2D eigenvalue weighted by molar-refractivity contribution is 5.98. The SMILES string of the molecule is COC(=O)[C@H](CCc1ccccc1)NC(=O)C(c1ccccc1)(c1ccccc1)c1ccccc1. The van der Waals surface area contributed by atoms with E-state index >= 15 is 0 Å². The fourth-order valence-electron chi connectivity index (χ4n) is 4.57. The first-order valence-electron chi connectivity index (χ1n) is 11.8. The van der Waals surface area contributed by atoms with E-state index in [0.717, 1.165) is 22.3 Å². The van der Waals surface area contributed by atoms with Crippen molar-refractivity contribution in [2.75, 3.05) is 7.11 Å². The first-order valence-corrected chi connectivity index (χ1v) is 11.8. The Morgan fingerprint density at radius 1 is 0.686 bits per heavy atom. The van der Waals surface area contributed by atoms with Crippen molar-refractivity contribution < 1.29 is 14.3 Å². The van der Waals surface area contributed by atoms with E-state index in [0.29, 0.717) is 12.8 Å². The molecule has 0 radical (unpaired) electrons. The zero-order valence-electron chi connectivity index (χ0n) is 19.8. The van der Waals surface area contributed by atoms with Gasteiger partial charge in [-0.05, 0) is 35.1 Å². The minimum absolute atomic E-state index is 0.274. The van der Waals surface area contributed by atoms with Crippen molar-refractivity contribution in [1.29, 1.82) is 0 Å². The summed E-state index contributed by atoms with van der Waals surface area (Å²) < 4.78 is 5.08. The summed E-state index contributed by atoms with van der Waals surface area (Å²) in [7, 11) is 1.35. The van der Waals surface area contributed by atoms with Gasteiger partial charge in [-0.2, -0.15) is 0 Å². The van der Waals surface area contributed by atoms with Gasteiger partial charge in [0.15, 0.2) is 0 Å². The normalized spacial score (nSPS) is 11.9. The van der Waals surface area contributed by atoms with Crippen LogP contribution in [0, 0.1) is 0 Å². The molecule has 0 aliphatic heterocycles. The van der Waals surface area contributed by atoms with Crippen molar-refractivity contribution in [2.24, 2.45) is 0 Å². The minimum Gasteiger partial charge on any atom is -0.467 e. The molecule has 35 heavy (non-hydrogen) atoms. The number of aryl methyl sites for hydroxylation is 1. The molecule has 4 aromatic carbocycles. The maximum Gasteiger partial charge on any atom is 0.328 e. The topological polar surface area (TPSA) is 55.4 Å². The third kappa shape index (κ3) is 5.17. The van der Waals surface area contributed by atoms with Crippen LogP contribution in [0.5, 0.6) is 0 Å². The fraction of sp³-hybridized carbons (Fsp3) is 0.161. The molecule has 1 atom stereocenters. The maximum absolute atomic E-state index is 14.4. The van der Waals surface area contributed by atoms with Crippen molar-refractivity contribution in [2.45, 2.75) is 24.3 Å². The monoisotopic (exact) mass is 463 g/mol. The molecular weight excluding hydrogens is 434 g/mol. The van der Waals surface area contributed by atoms with Crippen LogP contribution in [0.1, 0.15) is 28.7 Å². The summed E-state index contributed by atoms with van der Waals surface area (Å²) in [6, 6.07) is 38.2. The van der Waals surface area contributed by atoms with Gasteiger partial charge in [-0.25, -0.2) is 4.79 Å². The van der Waals surface area contributed by atoms with Gasteiger partial charge >= 0.3 is 5.97 Å². The molecule has 176 valence electrons. The highest BCUT2D eigenvalue weighted by atomic mass is 16.5. The van der Waals surface area contributed by atoms with Crippen molar-refractivity contribution in [1.82, 2.24) is 5.32 Å². The highest BCUT2D eigenvalue weighted by Crippen LogP contribution is 2.39. The smallest absolute Gasteiger partial charge is 0.328 e. The maximum atomic E-state index is 14.4. The van der Waals surface area contributed by atoms with Gasteiger partial charge in [-0.1, -0.05) is 121 Å². The summed E-state index contributed by atoms with van der Waals surface area (Å²) in [4.78, 5) is 27.2. The van der Waals surface area contributed by atoms with Gasteiger partial charge in [-0.3, -0.25) is 4.79 Å². The first-order chi connectivity index (χ1) is 17.2. The minimum atomic E-state index is -1.15. The number of carbonyl (C=O) groups excluding carboxylic acids is 2. The van der Waals surface area contributed by atoms with Gasteiger partial charge in [0.2, 0.25) is 5.91 Å². The zero-order chi connectivity index (χ0) is 24.5. The standard InChI is InChI=1S/C31H29NO3/c1-35-29(33)28(23-22-24-14-6-2-7-15-24)32-30(34)31(25-16-8-3-9-17-25,26-18-10-4-11-19-26)27-20-12-5-13-21-27/h2-21,28H,22-23H2,1H3,(H,32,34)/t28-/m0/s1. The number of hydrogen-bond donors (Lipinski definition) is 1. The molecule has 0 aliphatic carbocycles. The first kappa shape index (κ1) is 24.0. The van der Waals surface area contributed by atoms with Crippen LogP contribution in [-0.4, -0.2) is 25.0 Å². The number of carbonyl (C=O) groups is 2. The van der Waals surface area contributed by atoms with Gasteiger partial charge in [-0.15, -0.1) is 0 Å². The largest absolute Gasteiger partial charge is 0.467 e. The molecular formula is C31H29NO3. The molecule has 0 aliphatic rings. The van der Waals surface area contributed by atoms with Gasteiger partial charge in [0, 0.05) is 0 Å². The van der Waals surface area contributed by atoms with Crippen molar-refractivity contribution in [3.8, 4) is 0 Å². The summed E-state index contributed by atoms with van der Waals surface area (Å²) in [6.45, 7) is 0. The van der Waals surface area contributed by atoms with Crippen LogP contribution in [0.2, 0.25) is 0 Å². The Balaban J connectivity index is 1.79. The number of hydrogen-bond acceptors (Lipinski definition) is 3. The lowest BCUT2D eigenvalue weighted by Gasteiger charge is -2.35. The molecule has 0 heterocycles. The van der Waals surface area contributed by atoms with Crippen LogP contribution in [0.15, 0.2) is 121 Å². The van der Waals surface area contributed by atoms with Gasteiger partial charge < -0.3 is 10.1 Å². The van der Waals surface area contributed by atoms with Crippen molar-refractivity contribution in [3.05, 3.63) is 144 Å². The fourth-order valence-corrected chi connectivity index (χ4v) is 4.57. The lowest BCUT2D eigenvalue weighted by Crippen LogP contribution is -2.52. The third-order valence-corrected chi connectivity index (χ3v) is 6.32. The quantitative estimate of drug-likeness (QED) is 0.270. The van der Waals surface area contributed by atoms with E-state index in [1.807, 2.05) is 121 Å². The predicted octanol–water partition coefficient (Wildman–Crippen LogP) is 5.31. The van der Waals surface area contributed by atoms with E-state index in [4.69, 9.17) is 4.74 Å². The molecule has 1 N–H and O–H groups in total. The number of nitrogens with one attached hydrogen (secondary N) is 1. The van der Waals surface area contributed by atoms with Gasteiger partial charge in [0.25, 0.3) is 0 Å². The van der Waals surface area contributed by atoms with Crippen LogP contribution in [0.4, 0.5) is 0 Å². The summed E-state index contributed by atoms with van der Waals surface area (Å²) in [5.74, 6) is -0.734. The molecule has 0 spiro atoms. The van der Waals surface area contributed by atoms with Crippen LogP contribution >= 0.6 is 0 Å². The Labute approximate surface area is 206 Å². The number of rotatable bonds is 9. The Kier molecular flexibility index (Phi) is 7.74. The van der Waals surface area contributed by atoms with Gasteiger partial charge in [0.05, 0.1) is 7.11 Å². The second-order valence-corrected chi connectivity index (χ2v) is 8.42. The summed E-state index contributed by atoms with van der Waals surface area (Å²) >= 11 is 0. The van der Waals surface area contributed by atoms with E-state index in [2.05, 4.69) is 5.32 Å². The third-order valence-electron chi connectivity index (χ3n) is 6.32. The average Bonchev–Trinajstić information content (AvgIpc) is 2.93. The number of esters is 1. The Morgan fingerprint density at radius 3 is 1.49 bits per heavy atom. The molecule has 4 rings (SSSR count). The van der Waals surface area contributed by atoms with E-state index in [1.165, 1.54) is 7.11 Å². The van der Waals surface area contributed by atoms with Crippen LogP contribution < -0.4 is 5.32 Å². The molecule has 4 nitrogen and oxygen atoms in total. The zero-order valence-corrected chi connectivity index (χ0v) is 19.8. The molecule has 0 bridgehead atoms. The summed E-state index contributed by atoms with van der Waals surface area (Å²) in [5.41, 5.74) is 2.41. The van der Waals surface area contributed by atoms with Crippen LogP contribution in [0.3, 0.4) is 0 Å². The lowest BCUT2D eigenvalue weighted by atomic mass is 9.68. The van der Waals surface area contributed by atoms with Crippen LogP contribution in [-0.2, 0) is 26.2 Å². The Morgan fingerprint density at radius 2 is 1.09 bits per heavy atom. The Hall–Kier alpha value is -4.18. The highest BCUT2D eigenvalue weighted by Gasteiger charge is 2.45. The Bertz CT molecular complexity index is 1130. The lowest BCUT2D eigenvalue weighted by molar-refractivity contribution is -0.145. The van der Waals surface area contributed by atoms with E-state index in [-0.39, 0.29) is 5.91 Å². The molecule has 0 fully saturated rings. The summed E-state index contributed by atoms with van der Waals surface area (Å²) in [6.07, 6.45) is 1.06. The van der Waals surface area contributed by atoms with Gasteiger partial charge in [0.1, 0.15) is 11.5 Å². The molecule has 0 aromatic heterocycles. The van der Waals surface area contributed by atoms with Crippen LogP contribution in [0.25, 0.3) is 0 Å². The summed E-state index contributed by atoms with van der Waals surface area (Å²) in [5, 5.41) is 3.06. The second kappa shape index (κ2) is 11.3. The molecule has 0 unspecified atom stereocenters. The van der Waals surface area contributed by atoms with E-state index in [9.17, 15) is 9.59 Å². The number of benzene rings is 4.